The first kappa shape index (κ1) is 19.0. The number of fused-ring (bicyclic) bond motifs is 3. The van der Waals surface area contributed by atoms with Gasteiger partial charge in [0.15, 0.2) is 5.16 Å². The highest BCUT2D eigenvalue weighted by molar-refractivity contribution is 7.99. The summed E-state index contributed by atoms with van der Waals surface area (Å²) < 4.78 is 12.0. The quantitative estimate of drug-likeness (QED) is 0.274. The number of rotatable bonds is 5. The molecule has 0 unspecified atom stereocenters. The molecule has 6 nitrogen and oxygen atoms in total. The third-order valence-electron chi connectivity index (χ3n) is 4.75. The van der Waals surface area contributed by atoms with E-state index in [1.54, 1.807) is 49.8 Å². The van der Waals surface area contributed by atoms with Crippen LogP contribution < -0.4 is 15.0 Å². The molecule has 0 N–H and O–H groups in total. The van der Waals surface area contributed by atoms with Crippen LogP contribution in [0.2, 0.25) is 0 Å². The molecule has 1 aliphatic carbocycles. The molecule has 28 heavy (non-hydrogen) atoms. The Morgan fingerprint density at radius 2 is 2.07 bits per heavy atom. The van der Waals surface area contributed by atoms with Gasteiger partial charge in [0, 0.05) is 18.0 Å². The zero-order chi connectivity index (χ0) is 19.7. The molecule has 146 valence electrons. The first-order valence-electron chi connectivity index (χ1n) is 9.05. The molecule has 0 saturated carbocycles. The summed E-state index contributed by atoms with van der Waals surface area (Å²) in [6.45, 7) is 0. The number of aryl methyl sites for hydroxylation is 2. The summed E-state index contributed by atoms with van der Waals surface area (Å²) >= 11 is 2.82. The number of carbonyl (C=O) groups is 1. The Bertz CT molecular complexity index is 1100. The van der Waals surface area contributed by atoms with Gasteiger partial charge in [-0.15, -0.1) is 11.3 Å². The molecule has 0 aliphatic heterocycles. The van der Waals surface area contributed by atoms with Crippen LogP contribution in [-0.4, -0.2) is 28.4 Å². The lowest BCUT2D eigenvalue weighted by molar-refractivity contribution is -0.131. The van der Waals surface area contributed by atoms with Crippen molar-refractivity contribution in [3.8, 4) is 11.5 Å². The lowest BCUT2D eigenvalue weighted by atomic mass is 9.97. The fourth-order valence-electron chi connectivity index (χ4n) is 3.35. The third kappa shape index (κ3) is 3.66. The largest absolute Gasteiger partial charge is 0.497 e. The molecule has 1 aliphatic rings. The highest BCUT2D eigenvalue weighted by Gasteiger charge is 2.21. The van der Waals surface area contributed by atoms with Crippen LogP contribution in [0.15, 0.2) is 34.2 Å². The molecule has 2 heterocycles. The molecule has 0 fully saturated rings. The minimum Gasteiger partial charge on any atom is -0.497 e. The Morgan fingerprint density at radius 3 is 2.89 bits per heavy atom. The van der Waals surface area contributed by atoms with E-state index in [2.05, 4.69) is 4.98 Å². The average Bonchev–Trinajstić information content (AvgIpc) is 3.08. The second-order valence-electron chi connectivity index (χ2n) is 6.59. The zero-order valence-electron chi connectivity index (χ0n) is 15.7. The van der Waals surface area contributed by atoms with Gasteiger partial charge in [-0.25, -0.2) is 4.98 Å². The van der Waals surface area contributed by atoms with Gasteiger partial charge in [-0.1, -0.05) is 17.8 Å². The van der Waals surface area contributed by atoms with Crippen molar-refractivity contribution in [2.75, 3.05) is 12.9 Å². The van der Waals surface area contributed by atoms with Gasteiger partial charge in [-0.2, -0.15) is 0 Å². The van der Waals surface area contributed by atoms with Gasteiger partial charge in [0.05, 0.1) is 18.2 Å². The first-order valence-corrected chi connectivity index (χ1v) is 10.9. The number of ether oxygens (including phenoxy) is 2. The van der Waals surface area contributed by atoms with E-state index in [4.69, 9.17) is 9.47 Å². The number of aromatic nitrogens is 2. The van der Waals surface area contributed by atoms with Crippen LogP contribution in [0, 0.1) is 0 Å². The zero-order valence-corrected chi connectivity index (χ0v) is 17.3. The molecule has 0 atom stereocenters. The van der Waals surface area contributed by atoms with Crippen molar-refractivity contribution >= 4 is 39.3 Å². The minimum atomic E-state index is -0.405. The summed E-state index contributed by atoms with van der Waals surface area (Å²) in [5.74, 6) is 0.703. The molecule has 0 saturated heterocycles. The summed E-state index contributed by atoms with van der Waals surface area (Å²) in [4.78, 5) is 31.8. The molecule has 0 amide bonds. The van der Waals surface area contributed by atoms with Crippen LogP contribution in [-0.2, 0) is 24.7 Å². The van der Waals surface area contributed by atoms with Crippen molar-refractivity contribution in [2.45, 2.75) is 30.8 Å². The summed E-state index contributed by atoms with van der Waals surface area (Å²) in [5, 5.41) is 1.28. The summed E-state index contributed by atoms with van der Waals surface area (Å²) in [6.07, 6.45) is 4.26. The van der Waals surface area contributed by atoms with Crippen LogP contribution in [0.25, 0.3) is 10.2 Å². The van der Waals surface area contributed by atoms with Gasteiger partial charge in [0.2, 0.25) is 0 Å². The second-order valence-corrected chi connectivity index (χ2v) is 8.62. The Morgan fingerprint density at radius 1 is 1.29 bits per heavy atom. The van der Waals surface area contributed by atoms with E-state index < -0.39 is 5.97 Å². The Hall–Kier alpha value is -2.32. The predicted octanol–water partition coefficient (Wildman–Crippen LogP) is 3.58. The van der Waals surface area contributed by atoms with Gasteiger partial charge >= 0.3 is 5.97 Å². The van der Waals surface area contributed by atoms with Crippen LogP contribution in [0.1, 0.15) is 23.3 Å². The summed E-state index contributed by atoms with van der Waals surface area (Å²) in [5.41, 5.74) is 1.14. The van der Waals surface area contributed by atoms with E-state index in [1.807, 2.05) is 0 Å². The number of thiophene rings is 1. The van der Waals surface area contributed by atoms with E-state index >= 15 is 0 Å². The number of nitrogens with zero attached hydrogens (tertiary/aromatic N) is 2. The van der Waals surface area contributed by atoms with E-state index in [1.165, 1.54) is 26.8 Å². The molecular weight excluding hydrogens is 396 g/mol. The highest BCUT2D eigenvalue weighted by Crippen LogP contribution is 2.34. The van der Waals surface area contributed by atoms with E-state index in [-0.39, 0.29) is 11.3 Å². The van der Waals surface area contributed by atoms with Crippen molar-refractivity contribution < 1.29 is 14.3 Å². The van der Waals surface area contributed by atoms with Crippen molar-refractivity contribution in [3.05, 3.63) is 45.1 Å². The van der Waals surface area contributed by atoms with E-state index in [0.29, 0.717) is 16.7 Å². The molecular formula is C20H20N2O4S2. The topological polar surface area (TPSA) is 70.4 Å². The Labute approximate surface area is 170 Å². The number of carbonyl (C=O) groups excluding carboxylic acids is 1. The van der Waals surface area contributed by atoms with Crippen molar-refractivity contribution in [3.63, 3.8) is 0 Å². The number of benzene rings is 1. The number of methoxy groups -OCH3 is 1. The Balaban J connectivity index is 1.52. The van der Waals surface area contributed by atoms with E-state index in [9.17, 15) is 9.59 Å². The maximum atomic E-state index is 12.9. The lowest BCUT2D eigenvalue weighted by Gasteiger charge is -2.11. The van der Waals surface area contributed by atoms with E-state index in [0.717, 1.165) is 35.9 Å². The van der Waals surface area contributed by atoms with Gasteiger partial charge in [-0.3, -0.25) is 14.2 Å². The van der Waals surface area contributed by atoms with Gasteiger partial charge in [0.25, 0.3) is 5.56 Å². The summed E-state index contributed by atoms with van der Waals surface area (Å²) in [7, 11) is 3.26. The number of esters is 1. The van der Waals surface area contributed by atoms with Gasteiger partial charge < -0.3 is 9.47 Å². The van der Waals surface area contributed by atoms with Gasteiger partial charge in [-0.05, 0) is 43.4 Å². The standard InChI is InChI=1S/C20H20N2O4S2/c1-22-19(24)17-14-8-3-4-9-15(14)28-18(17)21-20(22)27-11-16(23)26-13-7-5-6-12(10-13)25-2/h5-7,10H,3-4,8-9,11H2,1-2H3. The van der Waals surface area contributed by atoms with Gasteiger partial charge in [0.1, 0.15) is 16.3 Å². The Kier molecular flexibility index (Phi) is 5.41. The van der Waals surface area contributed by atoms with Crippen molar-refractivity contribution in [2.24, 2.45) is 7.05 Å². The molecule has 8 heteroatoms. The minimum absolute atomic E-state index is 0.0342. The highest BCUT2D eigenvalue weighted by atomic mass is 32.2. The molecule has 0 spiro atoms. The number of hydrogen-bond donors (Lipinski definition) is 0. The first-order chi connectivity index (χ1) is 13.6. The van der Waals surface area contributed by atoms with Crippen LogP contribution in [0.5, 0.6) is 11.5 Å². The molecule has 0 bridgehead atoms. The maximum Gasteiger partial charge on any atom is 0.321 e. The summed E-state index contributed by atoms with van der Waals surface area (Å²) in [6, 6.07) is 6.88. The average molecular weight is 417 g/mol. The normalized spacial score (nSPS) is 13.4. The second kappa shape index (κ2) is 7.97. The van der Waals surface area contributed by atoms with Crippen LogP contribution in [0.3, 0.4) is 0 Å². The smallest absolute Gasteiger partial charge is 0.321 e. The molecule has 2 aromatic heterocycles. The van der Waals surface area contributed by atoms with Crippen LogP contribution >= 0.6 is 23.1 Å². The monoisotopic (exact) mass is 416 g/mol. The number of thioether (sulfide) groups is 1. The fraction of sp³-hybridized carbons (Fsp3) is 0.350. The molecule has 4 rings (SSSR count). The lowest BCUT2D eigenvalue weighted by Crippen LogP contribution is -2.21. The van der Waals surface area contributed by atoms with Crippen molar-refractivity contribution in [1.29, 1.82) is 0 Å². The maximum absolute atomic E-state index is 12.9. The molecule has 0 radical (unpaired) electrons. The fourth-order valence-corrected chi connectivity index (χ4v) is 5.39. The van der Waals surface area contributed by atoms with Crippen LogP contribution in [0.4, 0.5) is 0 Å². The van der Waals surface area contributed by atoms with Crippen molar-refractivity contribution in [1.82, 2.24) is 9.55 Å². The molecule has 1 aromatic carbocycles. The third-order valence-corrected chi connectivity index (χ3v) is 6.94. The molecule has 3 aromatic rings. The predicted molar refractivity (Wildman–Crippen MR) is 111 cm³/mol. The number of hydrogen-bond acceptors (Lipinski definition) is 7. The SMILES string of the molecule is COc1cccc(OC(=O)CSc2nc3sc4c(c3c(=O)n2C)CCCC4)c1.